The molecule has 1 aromatic rings. The van der Waals surface area contributed by atoms with Crippen LogP contribution in [0.2, 0.25) is 5.15 Å². The van der Waals surface area contributed by atoms with Crippen LogP contribution in [0.5, 0.6) is 0 Å². The molecule has 0 aromatic carbocycles. The average Bonchev–Trinajstić information content (AvgIpc) is 2.91. The predicted molar refractivity (Wildman–Crippen MR) is 62.0 cm³/mol. The topological polar surface area (TPSA) is 35.0 Å². The van der Waals surface area contributed by atoms with Crippen molar-refractivity contribution in [1.29, 1.82) is 0 Å². The van der Waals surface area contributed by atoms with Gasteiger partial charge in [0.25, 0.3) is 0 Å². The van der Waals surface area contributed by atoms with Crippen LogP contribution in [0.3, 0.4) is 0 Å². The molecule has 5 heteroatoms. The Morgan fingerprint density at radius 2 is 2.20 bits per heavy atom. The number of aromatic nitrogens is 2. The van der Waals surface area contributed by atoms with E-state index in [9.17, 15) is 0 Å². The van der Waals surface area contributed by atoms with E-state index in [1.54, 1.807) is 7.11 Å². The van der Waals surface area contributed by atoms with Crippen LogP contribution in [0.4, 0.5) is 0 Å². The number of methoxy groups -OCH3 is 1. The fraction of sp³-hybridized carbons (Fsp3) is 0.600. The minimum absolute atomic E-state index is 0.455. The van der Waals surface area contributed by atoms with Crippen molar-refractivity contribution in [3.63, 3.8) is 0 Å². The van der Waals surface area contributed by atoms with Crippen LogP contribution in [0, 0.1) is 5.92 Å². The van der Waals surface area contributed by atoms with Gasteiger partial charge in [0.1, 0.15) is 11.0 Å². The van der Waals surface area contributed by atoms with E-state index in [4.69, 9.17) is 16.3 Å². The molecule has 0 radical (unpaired) electrons. The number of halogens is 2. The first kappa shape index (κ1) is 11.3. The second-order valence-corrected chi connectivity index (χ2v) is 5.04. The van der Waals surface area contributed by atoms with Crippen LogP contribution in [0.25, 0.3) is 0 Å². The standard InChI is InChI=1S/C10H12BrClN2O/c1-5-3-6(5)10-13-7(4-15-2)8(11)9(12)14-10/h5-6H,3-4H2,1-2H3. The van der Waals surface area contributed by atoms with E-state index < -0.39 is 0 Å². The molecule has 2 unspecified atom stereocenters. The zero-order valence-electron chi connectivity index (χ0n) is 8.63. The molecule has 2 atom stereocenters. The molecule has 1 aromatic heterocycles. The molecule has 1 saturated carbocycles. The molecule has 1 aliphatic carbocycles. The Bertz CT molecular complexity index is 386. The van der Waals surface area contributed by atoms with E-state index in [2.05, 4.69) is 32.8 Å². The highest BCUT2D eigenvalue weighted by atomic mass is 79.9. The van der Waals surface area contributed by atoms with Gasteiger partial charge in [-0.05, 0) is 28.3 Å². The third-order valence-electron chi connectivity index (χ3n) is 2.62. The van der Waals surface area contributed by atoms with Crippen molar-refractivity contribution in [2.24, 2.45) is 5.92 Å². The number of ether oxygens (including phenoxy) is 1. The largest absolute Gasteiger partial charge is 0.378 e. The van der Waals surface area contributed by atoms with Gasteiger partial charge in [-0.1, -0.05) is 18.5 Å². The monoisotopic (exact) mass is 290 g/mol. The lowest BCUT2D eigenvalue weighted by atomic mass is 10.3. The summed E-state index contributed by atoms with van der Waals surface area (Å²) in [5.74, 6) is 2.01. The van der Waals surface area contributed by atoms with Gasteiger partial charge in [-0.2, -0.15) is 0 Å². The number of rotatable bonds is 3. The van der Waals surface area contributed by atoms with Crippen LogP contribution in [-0.4, -0.2) is 17.1 Å². The Hall–Kier alpha value is -0.190. The van der Waals surface area contributed by atoms with E-state index in [1.807, 2.05) is 0 Å². The summed E-state index contributed by atoms with van der Waals surface area (Å²) in [7, 11) is 1.64. The van der Waals surface area contributed by atoms with Crippen LogP contribution in [0.1, 0.15) is 30.8 Å². The van der Waals surface area contributed by atoms with Crippen LogP contribution < -0.4 is 0 Å². The summed E-state index contributed by atoms with van der Waals surface area (Å²) in [6.45, 7) is 2.65. The SMILES string of the molecule is COCc1nc(C2CC2C)nc(Cl)c1Br. The minimum atomic E-state index is 0.455. The molecule has 0 saturated heterocycles. The van der Waals surface area contributed by atoms with Gasteiger partial charge in [0, 0.05) is 13.0 Å². The van der Waals surface area contributed by atoms with Gasteiger partial charge < -0.3 is 4.74 Å². The number of hydrogen-bond donors (Lipinski definition) is 0. The number of nitrogens with zero attached hydrogens (tertiary/aromatic N) is 2. The van der Waals surface area contributed by atoms with Gasteiger partial charge in [0.15, 0.2) is 0 Å². The lowest BCUT2D eigenvalue weighted by molar-refractivity contribution is 0.180. The van der Waals surface area contributed by atoms with Gasteiger partial charge in [-0.25, -0.2) is 9.97 Å². The third kappa shape index (κ3) is 2.32. The smallest absolute Gasteiger partial charge is 0.147 e. The molecule has 3 nitrogen and oxygen atoms in total. The average molecular weight is 292 g/mol. The van der Waals surface area contributed by atoms with E-state index >= 15 is 0 Å². The molecule has 15 heavy (non-hydrogen) atoms. The molecule has 1 aliphatic rings. The van der Waals surface area contributed by atoms with Crippen molar-refractivity contribution in [1.82, 2.24) is 9.97 Å². The first-order chi connectivity index (χ1) is 7.13. The summed E-state index contributed by atoms with van der Waals surface area (Å²) in [5, 5.41) is 0.478. The third-order valence-corrected chi connectivity index (χ3v) is 3.95. The summed E-state index contributed by atoms with van der Waals surface area (Å²) in [4.78, 5) is 8.75. The maximum Gasteiger partial charge on any atom is 0.147 e. The lowest BCUT2D eigenvalue weighted by Gasteiger charge is -2.06. The normalized spacial score (nSPS) is 24.3. The van der Waals surface area contributed by atoms with Crippen LogP contribution in [0.15, 0.2) is 4.47 Å². The fourth-order valence-electron chi connectivity index (χ4n) is 1.56. The van der Waals surface area contributed by atoms with Crippen LogP contribution in [-0.2, 0) is 11.3 Å². The lowest BCUT2D eigenvalue weighted by Crippen LogP contribution is -2.02. The Labute approximate surface area is 102 Å². The summed E-state index contributed by atoms with van der Waals surface area (Å²) in [5.41, 5.74) is 0.826. The minimum Gasteiger partial charge on any atom is -0.378 e. The molecule has 82 valence electrons. The zero-order valence-corrected chi connectivity index (χ0v) is 11.0. The Balaban J connectivity index is 2.33. The Morgan fingerprint density at radius 1 is 1.53 bits per heavy atom. The van der Waals surface area contributed by atoms with Gasteiger partial charge in [0.2, 0.25) is 0 Å². The maximum atomic E-state index is 6.02. The van der Waals surface area contributed by atoms with E-state index in [1.165, 1.54) is 0 Å². The molecule has 0 bridgehead atoms. The summed E-state index contributed by atoms with van der Waals surface area (Å²) in [6, 6.07) is 0. The first-order valence-electron chi connectivity index (χ1n) is 4.84. The highest BCUT2D eigenvalue weighted by Gasteiger charge is 2.37. The molecule has 0 amide bonds. The predicted octanol–water partition coefficient (Wildman–Crippen LogP) is 3.16. The first-order valence-corrected chi connectivity index (χ1v) is 6.01. The van der Waals surface area contributed by atoms with Gasteiger partial charge in [-0.15, -0.1) is 0 Å². The number of hydrogen-bond acceptors (Lipinski definition) is 3. The molecule has 0 N–H and O–H groups in total. The zero-order chi connectivity index (χ0) is 11.0. The summed E-state index contributed by atoms with van der Waals surface area (Å²) < 4.78 is 5.81. The highest BCUT2D eigenvalue weighted by Crippen LogP contribution is 2.46. The fourth-order valence-corrected chi connectivity index (χ4v) is 2.05. The second-order valence-electron chi connectivity index (χ2n) is 3.89. The second kappa shape index (κ2) is 4.36. The van der Waals surface area contributed by atoms with E-state index in [0.717, 1.165) is 22.4 Å². The molecule has 0 spiro atoms. The summed E-state index contributed by atoms with van der Waals surface area (Å²) >= 11 is 9.38. The molecular weight excluding hydrogens is 279 g/mol. The Morgan fingerprint density at radius 3 is 2.73 bits per heavy atom. The molecule has 2 rings (SSSR count). The van der Waals surface area contributed by atoms with Crippen LogP contribution >= 0.6 is 27.5 Å². The van der Waals surface area contributed by atoms with Gasteiger partial charge in [-0.3, -0.25) is 0 Å². The van der Waals surface area contributed by atoms with Crippen molar-refractivity contribution in [2.45, 2.75) is 25.9 Å². The molecule has 1 heterocycles. The van der Waals surface area contributed by atoms with Gasteiger partial charge >= 0.3 is 0 Å². The van der Waals surface area contributed by atoms with Crippen molar-refractivity contribution >= 4 is 27.5 Å². The van der Waals surface area contributed by atoms with Gasteiger partial charge in [0.05, 0.1) is 16.8 Å². The summed E-state index contributed by atoms with van der Waals surface area (Å²) in [6.07, 6.45) is 1.16. The van der Waals surface area contributed by atoms with Crippen molar-refractivity contribution < 1.29 is 4.74 Å². The van der Waals surface area contributed by atoms with Crippen molar-refractivity contribution in [3.05, 3.63) is 21.1 Å². The van der Waals surface area contributed by atoms with Crippen molar-refractivity contribution in [2.75, 3.05) is 7.11 Å². The Kier molecular flexibility index (Phi) is 3.28. The van der Waals surface area contributed by atoms with Crippen molar-refractivity contribution in [3.8, 4) is 0 Å². The van der Waals surface area contributed by atoms with E-state index in [-0.39, 0.29) is 0 Å². The maximum absolute atomic E-state index is 6.02. The molecule has 0 aliphatic heterocycles. The molecule has 1 fully saturated rings. The molecular formula is C10H12BrClN2O. The highest BCUT2D eigenvalue weighted by molar-refractivity contribution is 9.10. The quantitative estimate of drug-likeness (QED) is 0.802. The van der Waals surface area contributed by atoms with E-state index in [0.29, 0.717) is 23.6 Å².